The van der Waals surface area contributed by atoms with Crippen LogP contribution in [0.2, 0.25) is 0 Å². The number of nitrogens with two attached hydrogens (primary N) is 1. The minimum absolute atomic E-state index is 0.0995. The second-order valence-electron chi connectivity index (χ2n) is 3.37. The van der Waals surface area contributed by atoms with Gasteiger partial charge in [0, 0.05) is 6.04 Å². The topological polar surface area (TPSA) is 35.2 Å². The molecule has 0 spiro atoms. The summed E-state index contributed by atoms with van der Waals surface area (Å²) in [5, 5.41) is 0. The lowest BCUT2D eigenvalue weighted by atomic mass is 10.0. The molecule has 15 heavy (non-hydrogen) atoms. The summed E-state index contributed by atoms with van der Waals surface area (Å²) < 4.78 is 18.0. The molecule has 1 unspecified atom stereocenters. The van der Waals surface area contributed by atoms with Gasteiger partial charge in [0.25, 0.3) is 0 Å². The lowest BCUT2D eigenvalue weighted by Crippen LogP contribution is -2.10. The number of allylic oxidation sites excluding steroid dienone is 1. The van der Waals surface area contributed by atoms with Gasteiger partial charge >= 0.3 is 0 Å². The fraction of sp³-hybridized carbons (Fsp3) is 0.333. The quantitative estimate of drug-likeness (QED) is 0.757. The maximum Gasteiger partial charge on any atom is 0.165 e. The Labute approximate surface area is 89.6 Å². The van der Waals surface area contributed by atoms with Gasteiger partial charge in [0.1, 0.15) is 0 Å². The van der Waals surface area contributed by atoms with Crippen LogP contribution in [0.25, 0.3) is 0 Å². The van der Waals surface area contributed by atoms with Gasteiger partial charge in [-0.15, -0.1) is 6.58 Å². The molecule has 0 aliphatic heterocycles. The average Bonchev–Trinajstić information content (AvgIpc) is 2.26. The molecule has 3 heteroatoms. The molecule has 0 bridgehead atoms. The van der Waals surface area contributed by atoms with Gasteiger partial charge in [0.05, 0.1) is 7.11 Å². The summed E-state index contributed by atoms with van der Waals surface area (Å²) >= 11 is 0. The second-order valence-corrected chi connectivity index (χ2v) is 3.37. The van der Waals surface area contributed by atoms with E-state index in [4.69, 9.17) is 10.5 Å². The number of methoxy groups -OCH3 is 1. The fourth-order valence-electron chi connectivity index (χ4n) is 1.37. The van der Waals surface area contributed by atoms with Crippen molar-refractivity contribution in [2.24, 2.45) is 5.73 Å². The molecule has 0 aliphatic rings. The maximum atomic E-state index is 13.1. The van der Waals surface area contributed by atoms with Gasteiger partial charge in [0.2, 0.25) is 0 Å². The average molecular weight is 209 g/mol. The summed E-state index contributed by atoms with van der Waals surface area (Å²) in [5.41, 5.74) is 6.81. The second kappa shape index (κ2) is 5.51. The first kappa shape index (κ1) is 11.7. The fourth-order valence-corrected chi connectivity index (χ4v) is 1.37. The highest BCUT2D eigenvalue weighted by molar-refractivity contribution is 5.32. The van der Waals surface area contributed by atoms with E-state index in [2.05, 4.69) is 6.58 Å². The highest BCUT2D eigenvalue weighted by Gasteiger charge is 2.09. The summed E-state index contributed by atoms with van der Waals surface area (Å²) in [4.78, 5) is 0. The molecule has 82 valence electrons. The molecule has 0 heterocycles. The van der Waals surface area contributed by atoms with Crippen LogP contribution in [0.4, 0.5) is 4.39 Å². The summed E-state index contributed by atoms with van der Waals surface area (Å²) in [5.74, 6) is -0.126. The Bertz CT molecular complexity index is 338. The predicted octanol–water partition coefficient (Wildman–Crippen LogP) is 2.80. The summed E-state index contributed by atoms with van der Waals surface area (Å²) in [6.07, 6.45) is 3.47. The van der Waals surface area contributed by atoms with Crippen molar-refractivity contribution in [2.45, 2.75) is 18.9 Å². The molecular weight excluding hydrogens is 193 g/mol. The Kier molecular flexibility index (Phi) is 4.31. The molecule has 0 saturated heterocycles. The molecule has 0 saturated carbocycles. The van der Waals surface area contributed by atoms with E-state index in [-0.39, 0.29) is 17.6 Å². The monoisotopic (exact) mass is 209 g/mol. The van der Waals surface area contributed by atoms with Crippen molar-refractivity contribution in [1.82, 2.24) is 0 Å². The lowest BCUT2D eigenvalue weighted by molar-refractivity contribution is 0.385. The van der Waals surface area contributed by atoms with E-state index in [1.807, 2.05) is 6.08 Å². The van der Waals surface area contributed by atoms with Crippen LogP contribution in [0.15, 0.2) is 30.9 Å². The highest BCUT2D eigenvalue weighted by atomic mass is 19.1. The van der Waals surface area contributed by atoms with Crippen molar-refractivity contribution < 1.29 is 9.13 Å². The van der Waals surface area contributed by atoms with Gasteiger partial charge in [-0.25, -0.2) is 4.39 Å². The van der Waals surface area contributed by atoms with Crippen LogP contribution in [-0.2, 0) is 0 Å². The molecule has 2 N–H and O–H groups in total. The van der Waals surface area contributed by atoms with Gasteiger partial charge in [-0.1, -0.05) is 12.1 Å². The van der Waals surface area contributed by atoms with Crippen molar-refractivity contribution >= 4 is 0 Å². The van der Waals surface area contributed by atoms with Crippen LogP contribution >= 0.6 is 0 Å². The van der Waals surface area contributed by atoms with Crippen molar-refractivity contribution in [3.8, 4) is 5.75 Å². The van der Waals surface area contributed by atoms with Crippen LogP contribution < -0.4 is 10.5 Å². The Balaban J connectivity index is 2.80. The first-order chi connectivity index (χ1) is 7.19. The normalized spacial score (nSPS) is 12.2. The van der Waals surface area contributed by atoms with Crippen molar-refractivity contribution in [2.75, 3.05) is 7.11 Å². The third-order valence-electron chi connectivity index (χ3n) is 2.29. The minimum Gasteiger partial charge on any atom is -0.494 e. The van der Waals surface area contributed by atoms with Crippen molar-refractivity contribution in [3.05, 3.63) is 42.2 Å². The first-order valence-corrected chi connectivity index (χ1v) is 4.89. The Hall–Kier alpha value is -1.35. The highest BCUT2D eigenvalue weighted by Crippen LogP contribution is 2.23. The number of ether oxygens (including phenoxy) is 1. The summed E-state index contributed by atoms with van der Waals surface area (Å²) in [7, 11) is 1.44. The van der Waals surface area contributed by atoms with Crippen LogP contribution in [0.3, 0.4) is 0 Å². The van der Waals surface area contributed by atoms with Crippen LogP contribution in [0.5, 0.6) is 5.75 Å². The Morgan fingerprint density at radius 3 is 2.93 bits per heavy atom. The molecular formula is C12H16FNO. The van der Waals surface area contributed by atoms with Crippen molar-refractivity contribution in [3.63, 3.8) is 0 Å². The van der Waals surface area contributed by atoms with E-state index in [1.165, 1.54) is 13.2 Å². The van der Waals surface area contributed by atoms with E-state index < -0.39 is 0 Å². The van der Waals surface area contributed by atoms with Crippen LogP contribution in [0.1, 0.15) is 24.4 Å². The molecule has 1 aromatic rings. The predicted molar refractivity (Wildman–Crippen MR) is 59.3 cm³/mol. The number of halogens is 1. The molecule has 1 rings (SSSR count). The van der Waals surface area contributed by atoms with Crippen molar-refractivity contribution in [1.29, 1.82) is 0 Å². The van der Waals surface area contributed by atoms with E-state index >= 15 is 0 Å². The summed E-state index contributed by atoms with van der Waals surface area (Å²) in [6.45, 7) is 3.63. The maximum absolute atomic E-state index is 13.1. The zero-order valence-electron chi connectivity index (χ0n) is 8.87. The molecule has 0 radical (unpaired) electrons. The zero-order chi connectivity index (χ0) is 11.3. The molecule has 1 atom stereocenters. The number of rotatable bonds is 5. The third kappa shape index (κ3) is 3.06. The molecule has 1 aromatic carbocycles. The van der Waals surface area contributed by atoms with Crippen LogP contribution in [0, 0.1) is 5.82 Å². The van der Waals surface area contributed by atoms with Gasteiger partial charge in [-0.05, 0) is 30.5 Å². The molecule has 0 amide bonds. The minimum atomic E-state index is -0.364. The van der Waals surface area contributed by atoms with Gasteiger partial charge in [-0.3, -0.25) is 0 Å². The van der Waals surface area contributed by atoms with Gasteiger partial charge in [-0.2, -0.15) is 0 Å². The SMILES string of the molecule is C=CCCC(N)c1ccc(F)c(OC)c1. The lowest BCUT2D eigenvalue weighted by Gasteiger charge is -2.12. The molecule has 0 aliphatic carbocycles. The molecule has 2 nitrogen and oxygen atoms in total. The smallest absolute Gasteiger partial charge is 0.165 e. The zero-order valence-corrected chi connectivity index (χ0v) is 8.87. The van der Waals surface area contributed by atoms with Gasteiger partial charge in [0.15, 0.2) is 11.6 Å². The van der Waals surface area contributed by atoms with E-state index in [0.29, 0.717) is 0 Å². The molecule has 0 fully saturated rings. The number of hydrogen-bond donors (Lipinski definition) is 1. The standard InChI is InChI=1S/C12H16FNO/c1-3-4-5-11(14)9-6-7-10(13)12(8-9)15-2/h3,6-8,11H,1,4-5,14H2,2H3. The van der Waals surface area contributed by atoms with Crippen LogP contribution in [-0.4, -0.2) is 7.11 Å². The Morgan fingerprint density at radius 2 is 2.33 bits per heavy atom. The van der Waals surface area contributed by atoms with E-state index in [0.717, 1.165) is 18.4 Å². The van der Waals surface area contributed by atoms with E-state index in [1.54, 1.807) is 12.1 Å². The number of benzene rings is 1. The van der Waals surface area contributed by atoms with Gasteiger partial charge < -0.3 is 10.5 Å². The summed E-state index contributed by atoms with van der Waals surface area (Å²) in [6, 6.07) is 4.61. The number of hydrogen-bond acceptors (Lipinski definition) is 2. The molecule has 0 aromatic heterocycles. The largest absolute Gasteiger partial charge is 0.494 e. The van der Waals surface area contributed by atoms with E-state index in [9.17, 15) is 4.39 Å². The Morgan fingerprint density at radius 1 is 1.60 bits per heavy atom. The third-order valence-corrected chi connectivity index (χ3v) is 2.29. The first-order valence-electron chi connectivity index (χ1n) is 4.89.